The number of aliphatic hydroxyl groups is 1. The molecular weight excluding hydrogens is 234 g/mol. The van der Waals surface area contributed by atoms with E-state index < -0.39 is 22.1 Å². The molecule has 3 N–H and O–H groups in total. The molecule has 0 aromatic heterocycles. The molecule has 88 valence electrons. The van der Waals surface area contributed by atoms with Gasteiger partial charge in [0, 0.05) is 0 Å². The second kappa shape index (κ2) is 4.50. The van der Waals surface area contributed by atoms with E-state index in [0.29, 0.717) is 0 Å². The third kappa shape index (κ3) is 3.52. The van der Waals surface area contributed by atoms with Gasteiger partial charge in [-0.2, -0.15) is 8.42 Å². The van der Waals surface area contributed by atoms with Gasteiger partial charge in [-0.25, -0.2) is 0 Å². The highest BCUT2D eigenvalue weighted by atomic mass is 32.2. The quantitative estimate of drug-likeness (QED) is 0.698. The molecular formula is C9H11NO5S. The van der Waals surface area contributed by atoms with E-state index in [4.69, 9.17) is 5.73 Å². The molecule has 0 heterocycles. The molecule has 1 atom stereocenters. The van der Waals surface area contributed by atoms with Crippen molar-refractivity contribution >= 4 is 16.0 Å². The number of benzene rings is 1. The van der Waals surface area contributed by atoms with Gasteiger partial charge in [0.1, 0.15) is 5.75 Å². The number of nitrogens with two attached hydrogens (primary N) is 1. The molecule has 0 saturated carbocycles. The topological polar surface area (TPSA) is 107 Å². The number of aliphatic hydroxyl groups excluding tert-OH is 1. The molecule has 0 bridgehead atoms. The largest absolute Gasteiger partial charge is 0.383 e. The van der Waals surface area contributed by atoms with Gasteiger partial charge in [-0.15, -0.1) is 0 Å². The molecule has 0 aliphatic heterocycles. The summed E-state index contributed by atoms with van der Waals surface area (Å²) in [5.74, 6) is -0.778. The van der Waals surface area contributed by atoms with Gasteiger partial charge in [-0.05, 0) is 17.7 Å². The number of hydrogen-bond acceptors (Lipinski definition) is 5. The fraction of sp³-hybridized carbons (Fsp3) is 0.222. The maximum atomic E-state index is 10.8. The van der Waals surface area contributed by atoms with Gasteiger partial charge in [0.15, 0.2) is 6.10 Å². The molecule has 0 saturated heterocycles. The van der Waals surface area contributed by atoms with Crippen molar-refractivity contribution in [2.45, 2.75) is 6.10 Å². The number of carbonyl (C=O) groups is 1. The molecule has 0 radical (unpaired) electrons. The first-order valence-corrected chi connectivity index (χ1v) is 6.08. The fourth-order valence-electron chi connectivity index (χ4n) is 1.04. The van der Waals surface area contributed by atoms with Crippen LogP contribution in [-0.4, -0.2) is 25.7 Å². The fourth-order valence-corrected chi connectivity index (χ4v) is 1.51. The van der Waals surface area contributed by atoms with Crippen molar-refractivity contribution in [1.82, 2.24) is 0 Å². The van der Waals surface area contributed by atoms with Crippen LogP contribution in [0.15, 0.2) is 24.3 Å². The minimum atomic E-state index is -3.58. The second-order valence-corrected chi connectivity index (χ2v) is 4.74. The van der Waals surface area contributed by atoms with E-state index in [2.05, 4.69) is 4.18 Å². The van der Waals surface area contributed by atoms with E-state index in [1.807, 2.05) is 0 Å². The second-order valence-electron chi connectivity index (χ2n) is 3.16. The zero-order valence-electron chi connectivity index (χ0n) is 8.45. The summed E-state index contributed by atoms with van der Waals surface area (Å²) in [5.41, 5.74) is 5.16. The van der Waals surface area contributed by atoms with Gasteiger partial charge >= 0.3 is 10.1 Å². The number of primary amides is 1. The first-order chi connectivity index (χ1) is 7.29. The highest BCUT2D eigenvalue weighted by molar-refractivity contribution is 7.86. The summed E-state index contributed by atoms with van der Waals surface area (Å²) in [6.45, 7) is 0. The van der Waals surface area contributed by atoms with Crippen molar-refractivity contribution in [2.75, 3.05) is 6.26 Å². The average Bonchev–Trinajstić information content (AvgIpc) is 2.15. The van der Waals surface area contributed by atoms with Crippen molar-refractivity contribution in [3.8, 4) is 5.75 Å². The first-order valence-electron chi connectivity index (χ1n) is 4.26. The Balaban J connectivity index is 2.87. The first kappa shape index (κ1) is 12.5. The summed E-state index contributed by atoms with van der Waals surface area (Å²) >= 11 is 0. The molecule has 1 aromatic carbocycles. The maximum Gasteiger partial charge on any atom is 0.306 e. The highest BCUT2D eigenvalue weighted by Gasteiger charge is 2.13. The zero-order valence-corrected chi connectivity index (χ0v) is 9.27. The predicted molar refractivity (Wildman–Crippen MR) is 56.1 cm³/mol. The van der Waals surface area contributed by atoms with Gasteiger partial charge in [0.2, 0.25) is 0 Å². The van der Waals surface area contributed by atoms with E-state index in [1.165, 1.54) is 24.3 Å². The molecule has 0 spiro atoms. The SMILES string of the molecule is CS(=O)(=O)Oc1ccc([C@H](O)C(N)=O)cc1. The minimum absolute atomic E-state index is 0.0999. The number of amides is 1. The Kier molecular flexibility index (Phi) is 3.51. The van der Waals surface area contributed by atoms with Gasteiger partial charge in [-0.1, -0.05) is 12.1 Å². The Hall–Kier alpha value is -1.60. The Morgan fingerprint density at radius 2 is 1.88 bits per heavy atom. The van der Waals surface area contributed by atoms with E-state index in [-0.39, 0.29) is 11.3 Å². The van der Waals surface area contributed by atoms with Crippen LogP contribution < -0.4 is 9.92 Å². The van der Waals surface area contributed by atoms with Crippen LogP contribution in [0.25, 0.3) is 0 Å². The molecule has 1 rings (SSSR count). The molecule has 1 aromatic rings. The van der Waals surface area contributed by atoms with Crippen molar-refractivity contribution in [3.63, 3.8) is 0 Å². The van der Waals surface area contributed by atoms with Crippen LogP contribution in [0, 0.1) is 0 Å². The predicted octanol–water partition coefficient (Wildman–Crippen LogP) is -0.456. The summed E-state index contributed by atoms with van der Waals surface area (Å²) in [6, 6.07) is 5.36. The number of carbonyl (C=O) groups excluding carboxylic acids is 1. The van der Waals surface area contributed by atoms with E-state index in [9.17, 15) is 18.3 Å². The van der Waals surface area contributed by atoms with Gasteiger partial charge in [0.05, 0.1) is 6.26 Å². The molecule has 0 fully saturated rings. The van der Waals surface area contributed by atoms with Crippen molar-refractivity contribution in [1.29, 1.82) is 0 Å². The van der Waals surface area contributed by atoms with Crippen molar-refractivity contribution in [2.24, 2.45) is 5.73 Å². The van der Waals surface area contributed by atoms with Gasteiger partial charge in [0.25, 0.3) is 5.91 Å². The Morgan fingerprint density at radius 3 is 2.25 bits per heavy atom. The molecule has 16 heavy (non-hydrogen) atoms. The standard InChI is InChI=1S/C9H11NO5S/c1-16(13,14)15-7-4-2-6(3-5-7)8(11)9(10)12/h2-5,8,11H,1H3,(H2,10,12)/t8-/m0/s1. The molecule has 1 amide bonds. The zero-order chi connectivity index (χ0) is 12.3. The van der Waals surface area contributed by atoms with Crippen LogP contribution in [-0.2, 0) is 14.9 Å². The molecule has 0 unspecified atom stereocenters. The number of rotatable bonds is 4. The van der Waals surface area contributed by atoms with Crippen LogP contribution in [0.1, 0.15) is 11.7 Å². The summed E-state index contributed by atoms with van der Waals surface area (Å²) in [4.78, 5) is 10.7. The van der Waals surface area contributed by atoms with Gasteiger partial charge < -0.3 is 15.0 Å². The minimum Gasteiger partial charge on any atom is -0.383 e. The monoisotopic (exact) mass is 245 g/mol. The van der Waals surface area contributed by atoms with Crippen LogP contribution >= 0.6 is 0 Å². The normalized spacial score (nSPS) is 13.1. The summed E-state index contributed by atoms with van der Waals surface area (Å²) in [5, 5.41) is 9.29. The van der Waals surface area contributed by atoms with E-state index in [0.717, 1.165) is 6.26 Å². The summed E-state index contributed by atoms with van der Waals surface area (Å²) < 4.78 is 26.1. The van der Waals surface area contributed by atoms with Crippen LogP contribution in [0.3, 0.4) is 0 Å². The maximum absolute atomic E-state index is 10.8. The lowest BCUT2D eigenvalue weighted by Gasteiger charge is -2.07. The molecule has 6 nitrogen and oxygen atoms in total. The smallest absolute Gasteiger partial charge is 0.306 e. The Bertz CT molecular complexity index is 479. The summed E-state index contributed by atoms with van der Waals surface area (Å²) in [6.07, 6.45) is -0.494. The Labute approximate surface area is 92.8 Å². The van der Waals surface area contributed by atoms with Crippen molar-refractivity contribution < 1.29 is 22.5 Å². The lowest BCUT2D eigenvalue weighted by atomic mass is 10.1. The lowest BCUT2D eigenvalue weighted by molar-refractivity contribution is -0.126. The lowest BCUT2D eigenvalue weighted by Crippen LogP contribution is -2.20. The number of hydrogen-bond donors (Lipinski definition) is 2. The van der Waals surface area contributed by atoms with Crippen LogP contribution in [0.4, 0.5) is 0 Å². The molecule has 0 aliphatic rings. The van der Waals surface area contributed by atoms with Crippen LogP contribution in [0.5, 0.6) is 5.75 Å². The average molecular weight is 245 g/mol. The van der Waals surface area contributed by atoms with E-state index in [1.54, 1.807) is 0 Å². The Morgan fingerprint density at radius 1 is 1.38 bits per heavy atom. The molecule has 7 heteroatoms. The molecule has 0 aliphatic carbocycles. The van der Waals surface area contributed by atoms with Crippen molar-refractivity contribution in [3.05, 3.63) is 29.8 Å². The highest BCUT2D eigenvalue weighted by Crippen LogP contribution is 2.18. The third-order valence-electron chi connectivity index (χ3n) is 1.71. The van der Waals surface area contributed by atoms with Crippen LogP contribution in [0.2, 0.25) is 0 Å². The summed E-state index contributed by atoms with van der Waals surface area (Å²) in [7, 11) is -3.58. The van der Waals surface area contributed by atoms with Gasteiger partial charge in [-0.3, -0.25) is 4.79 Å². The third-order valence-corrected chi connectivity index (χ3v) is 2.21. The van der Waals surface area contributed by atoms with E-state index >= 15 is 0 Å².